The highest BCUT2D eigenvalue weighted by molar-refractivity contribution is 5.67. The molecule has 0 fully saturated rings. The Kier molecular flexibility index (Phi) is 4.45. The van der Waals surface area contributed by atoms with Crippen LogP contribution in [0, 0.1) is 17.8 Å². The van der Waals surface area contributed by atoms with Crippen molar-refractivity contribution in [2.45, 2.75) is 34.2 Å². The summed E-state index contributed by atoms with van der Waals surface area (Å²) in [6, 6.07) is 5.42. The van der Waals surface area contributed by atoms with Gasteiger partial charge in [0, 0.05) is 23.5 Å². The number of hydrogen-bond acceptors (Lipinski definition) is 5. The van der Waals surface area contributed by atoms with E-state index in [0.29, 0.717) is 35.0 Å². The molecule has 0 saturated carbocycles. The van der Waals surface area contributed by atoms with E-state index in [1.807, 2.05) is 16.8 Å². The predicted molar refractivity (Wildman–Crippen MR) is 85.2 cm³/mol. The van der Waals surface area contributed by atoms with E-state index in [1.165, 1.54) is 0 Å². The first-order chi connectivity index (χ1) is 9.88. The van der Waals surface area contributed by atoms with Crippen LogP contribution >= 0.6 is 0 Å². The highest BCUT2D eigenvalue weighted by atomic mass is 15.5. The lowest BCUT2D eigenvalue weighted by molar-refractivity contribution is 0.242. The molecule has 0 aliphatic rings. The molecule has 0 radical (unpaired) electrons. The maximum Gasteiger partial charge on any atom is 0.182 e. The Balaban J connectivity index is 2.34. The quantitative estimate of drug-likeness (QED) is 0.824. The van der Waals surface area contributed by atoms with E-state index in [2.05, 4.69) is 43.2 Å². The van der Waals surface area contributed by atoms with Crippen molar-refractivity contribution in [1.82, 2.24) is 20.2 Å². The molecule has 0 unspecified atom stereocenters. The average molecular weight is 288 g/mol. The van der Waals surface area contributed by atoms with Gasteiger partial charge in [-0.05, 0) is 46.4 Å². The minimum absolute atomic E-state index is 0.505. The molecule has 6 nitrogen and oxygen atoms in total. The summed E-state index contributed by atoms with van der Waals surface area (Å²) in [4.78, 5) is 0. The summed E-state index contributed by atoms with van der Waals surface area (Å²) in [5.74, 6) is 2.34. The summed E-state index contributed by atoms with van der Waals surface area (Å²) in [5, 5.41) is 12.1. The molecule has 0 amide bonds. The number of aromatic nitrogens is 4. The van der Waals surface area contributed by atoms with Crippen LogP contribution in [0.15, 0.2) is 18.2 Å². The SMILES string of the molecule is CC(C)C(Cn1nnnc1-c1cc(N)cc(N)c1)C(C)C. The third kappa shape index (κ3) is 3.51. The van der Waals surface area contributed by atoms with Crippen LogP contribution in [0.3, 0.4) is 0 Å². The standard InChI is InChI=1S/C15H24N6/c1-9(2)14(10(3)4)8-21-15(18-19-20-21)11-5-12(16)7-13(17)6-11/h5-7,9-10,14H,8,16-17H2,1-4H3. The van der Waals surface area contributed by atoms with E-state index >= 15 is 0 Å². The minimum Gasteiger partial charge on any atom is -0.399 e. The lowest BCUT2D eigenvalue weighted by atomic mass is 9.85. The van der Waals surface area contributed by atoms with Crippen LogP contribution < -0.4 is 11.5 Å². The Bertz CT molecular complexity index is 574. The van der Waals surface area contributed by atoms with Gasteiger partial charge in [-0.25, -0.2) is 4.68 Å². The van der Waals surface area contributed by atoms with Crippen molar-refractivity contribution in [3.8, 4) is 11.4 Å². The molecule has 2 rings (SSSR count). The Labute approximate surface area is 125 Å². The van der Waals surface area contributed by atoms with E-state index in [-0.39, 0.29) is 0 Å². The predicted octanol–water partition coefficient (Wildman–Crippen LogP) is 2.43. The third-order valence-corrected chi connectivity index (χ3v) is 3.86. The van der Waals surface area contributed by atoms with Crippen molar-refractivity contribution in [1.29, 1.82) is 0 Å². The van der Waals surface area contributed by atoms with E-state index in [0.717, 1.165) is 12.1 Å². The van der Waals surface area contributed by atoms with Gasteiger partial charge in [0.25, 0.3) is 0 Å². The molecule has 0 spiro atoms. The van der Waals surface area contributed by atoms with Gasteiger partial charge in [0.1, 0.15) is 0 Å². The van der Waals surface area contributed by atoms with E-state index in [4.69, 9.17) is 11.5 Å². The number of anilines is 2. The van der Waals surface area contributed by atoms with Crippen molar-refractivity contribution in [3.05, 3.63) is 18.2 Å². The maximum absolute atomic E-state index is 5.86. The largest absolute Gasteiger partial charge is 0.399 e. The molecule has 114 valence electrons. The van der Waals surface area contributed by atoms with Crippen LogP contribution in [0.2, 0.25) is 0 Å². The molecule has 1 aromatic heterocycles. The molecule has 2 aromatic rings. The molecule has 6 heteroatoms. The van der Waals surface area contributed by atoms with Gasteiger partial charge in [-0.1, -0.05) is 27.7 Å². The Morgan fingerprint density at radius 3 is 2.10 bits per heavy atom. The number of nitrogen functional groups attached to an aromatic ring is 2. The Hall–Kier alpha value is -2.11. The molecular formula is C15H24N6. The van der Waals surface area contributed by atoms with Gasteiger partial charge in [-0.3, -0.25) is 0 Å². The van der Waals surface area contributed by atoms with E-state index in [1.54, 1.807) is 6.07 Å². The summed E-state index contributed by atoms with van der Waals surface area (Å²) in [6.45, 7) is 9.70. The van der Waals surface area contributed by atoms with Crippen molar-refractivity contribution in [3.63, 3.8) is 0 Å². The van der Waals surface area contributed by atoms with Crippen molar-refractivity contribution < 1.29 is 0 Å². The van der Waals surface area contributed by atoms with Crippen molar-refractivity contribution >= 4 is 11.4 Å². The molecule has 0 atom stereocenters. The van der Waals surface area contributed by atoms with Crippen LogP contribution in [-0.2, 0) is 6.54 Å². The first kappa shape index (κ1) is 15.3. The fraction of sp³-hybridized carbons (Fsp3) is 0.533. The average Bonchev–Trinajstić information content (AvgIpc) is 2.81. The molecule has 1 aromatic carbocycles. The summed E-state index contributed by atoms with van der Waals surface area (Å²) >= 11 is 0. The Morgan fingerprint density at radius 1 is 1.00 bits per heavy atom. The van der Waals surface area contributed by atoms with E-state index < -0.39 is 0 Å². The van der Waals surface area contributed by atoms with Crippen LogP contribution in [-0.4, -0.2) is 20.2 Å². The van der Waals surface area contributed by atoms with Crippen LogP contribution in [0.25, 0.3) is 11.4 Å². The number of tetrazole rings is 1. The second kappa shape index (κ2) is 6.11. The lowest BCUT2D eigenvalue weighted by Crippen LogP contribution is -2.23. The first-order valence-corrected chi connectivity index (χ1v) is 7.31. The molecule has 4 N–H and O–H groups in total. The molecule has 0 aliphatic heterocycles. The number of rotatable bonds is 5. The molecular weight excluding hydrogens is 264 g/mol. The molecule has 0 saturated heterocycles. The Morgan fingerprint density at radius 2 is 1.57 bits per heavy atom. The van der Waals surface area contributed by atoms with E-state index in [9.17, 15) is 0 Å². The van der Waals surface area contributed by atoms with Crippen LogP contribution in [0.4, 0.5) is 11.4 Å². The molecule has 0 aliphatic carbocycles. The first-order valence-electron chi connectivity index (χ1n) is 7.31. The number of nitrogens with two attached hydrogens (primary N) is 2. The summed E-state index contributed by atoms with van der Waals surface area (Å²) < 4.78 is 1.85. The topological polar surface area (TPSA) is 95.6 Å². The van der Waals surface area contributed by atoms with Gasteiger partial charge < -0.3 is 11.5 Å². The van der Waals surface area contributed by atoms with Gasteiger partial charge in [0.05, 0.1) is 0 Å². The molecule has 21 heavy (non-hydrogen) atoms. The summed E-state index contributed by atoms with van der Waals surface area (Å²) in [6.07, 6.45) is 0. The zero-order valence-corrected chi connectivity index (χ0v) is 13.1. The zero-order valence-electron chi connectivity index (χ0n) is 13.1. The summed E-state index contributed by atoms with van der Waals surface area (Å²) in [7, 11) is 0. The third-order valence-electron chi connectivity index (χ3n) is 3.86. The van der Waals surface area contributed by atoms with Crippen LogP contribution in [0.5, 0.6) is 0 Å². The zero-order chi connectivity index (χ0) is 15.6. The fourth-order valence-corrected chi connectivity index (χ4v) is 2.73. The maximum atomic E-state index is 5.86. The smallest absolute Gasteiger partial charge is 0.182 e. The van der Waals surface area contributed by atoms with Gasteiger partial charge >= 0.3 is 0 Å². The summed E-state index contributed by atoms with van der Waals surface area (Å²) in [5.41, 5.74) is 13.8. The number of benzene rings is 1. The monoisotopic (exact) mass is 288 g/mol. The van der Waals surface area contributed by atoms with Crippen molar-refractivity contribution in [2.24, 2.45) is 17.8 Å². The highest BCUT2D eigenvalue weighted by Crippen LogP contribution is 2.26. The lowest BCUT2D eigenvalue weighted by Gasteiger charge is -2.24. The molecule has 0 bridgehead atoms. The van der Waals surface area contributed by atoms with Gasteiger partial charge in [0.2, 0.25) is 0 Å². The van der Waals surface area contributed by atoms with Gasteiger partial charge in [-0.15, -0.1) is 5.10 Å². The minimum atomic E-state index is 0.505. The number of hydrogen-bond donors (Lipinski definition) is 2. The number of nitrogens with zero attached hydrogens (tertiary/aromatic N) is 4. The van der Waals surface area contributed by atoms with Gasteiger partial charge in [-0.2, -0.15) is 0 Å². The van der Waals surface area contributed by atoms with Gasteiger partial charge in [0.15, 0.2) is 5.82 Å². The molecule has 1 heterocycles. The normalized spacial score (nSPS) is 11.8. The highest BCUT2D eigenvalue weighted by Gasteiger charge is 2.21. The fourth-order valence-electron chi connectivity index (χ4n) is 2.73. The van der Waals surface area contributed by atoms with Crippen LogP contribution in [0.1, 0.15) is 27.7 Å². The van der Waals surface area contributed by atoms with Crippen molar-refractivity contribution in [2.75, 3.05) is 11.5 Å². The second-order valence-electron chi connectivity index (χ2n) is 6.22. The second-order valence-corrected chi connectivity index (χ2v) is 6.22.